The summed E-state index contributed by atoms with van der Waals surface area (Å²) in [7, 11) is -3.59. The van der Waals surface area contributed by atoms with Crippen LogP contribution in [0.1, 0.15) is 31.4 Å². The summed E-state index contributed by atoms with van der Waals surface area (Å²) in [5.41, 5.74) is 1.76. The highest BCUT2D eigenvalue weighted by atomic mass is 32.2. The van der Waals surface area contributed by atoms with E-state index >= 15 is 0 Å². The third kappa shape index (κ3) is 6.90. The SMILES string of the molecule is CCC(C)N(Cc1cccc(OS(C)(=O)=O)c1)C(=O)/C=C/c1ccccc1. The zero-order valence-electron chi connectivity index (χ0n) is 15.8. The number of amides is 1. The molecule has 0 bridgehead atoms. The van der Waals surface area contributed by atoms with E-state index in [2.05, 4.69) is 0 Å². The maximum Gasteiger partial charge on any atom is 0.306 e. The van der Waals surface area contributed by atoms with Gasteiger partial charge in [0.25, 0.3) is 0 Å². The zero-order chi connectivity index (χ0) is 19.9. The molecule has 144 valence electrons. The Balaban J connectivity index is 2.18. The molecule has 2 rings (SSSR count). The van der Waals surface area contributed by atoms with Crippen molar-refractivity contribution in [3.8, 4) is 5.75 Å². The van der Waals surface area contributed by atoms with E-state index in [0.29, 0.717) is 6.54 Å². The van der Waals surface area contributed by atoms with Gasteiger partial charge in [-0.05, 0) is 42.7 Å². The summed E-state index contributed by atoms with van der Waals surface area (Å²) in [5.74, 6) is 0.147. The van der Waals surface area contributed by atoms with Crippen molar-refractivity contribution in [3.05, 3.63) is 71.8 Å². The molecule has 0 aromatic heterocycles. The van der Waals surface area contributed by atoms with Crippen molar-refractivity contribution >= 4 is 22.1 Å². The van der Waals surface area contributed by atoms with Crippen molar-refractivity contribution in [1.82, 2.24) is 4.90 Å². The standard InChI is InChI=1S/C21H25NO4S/c1-4-17(2)22(21(23)14-13-18-9-6-5-7-10-18)16-19-11-8-12-20(15-19)26-27(3,24)25/h5-15,17H,4,16H2,1-3H3/b14-13+. The summed E-state index contributed by atoms with van der Waals surface area (Å²) in [6, 6.07) is 16.5. The molecule has 0 aliphatic heterocycles. The van der Waals surface area contributed by atoms with Gasteiger partial charge in [0.15, 0.2) is 0 Å². The molecule has 0 spiro atoms. The Kier molecular flexibility index (Phi) is 7.19. The molecule has 0 fully saturated rings. The van der Waals surface area contributed by atoms with Gasteiger partial charge in [0.05, 0.1) is 6.26 Å². The average Bonchev–Trinajstić information content (AvgIpc) is 2.63. The third-order valence-electron chi connectivity index (χ3n) is 4.12. The zero-order valence-corrected chi connectivity index (χ0v) is 16.6. The topological polar surface area (TPSA) is 63.7 Å². The first-order valence-corrected chi connectivity index (χ1v) is 10.6. The second kappa shape index (κ2) is 9.37. The summed E-state index contributed by atoms with van der Waals surface area (Å²) in [4.78, 5) is 14.5. The lowest BCUT2D eigenvalue weighted by Gasteiger charge is -2.28. The van der Waals surface area contributed by atoms with E-state index in [9.17, 15) is 13.2 Å². The summed E-state index contributed by atoms with van der Waals surface area (Å²) >= 11 is 0. The molecule has 0 N–H and O–H groups in total. The van der Waals surface area contributed by atoms with E-state index < -0.39 is 10.1 Å². The van der Waals surface area contributed by atoms with Crippen molar-refractivity contribution in [2.45, 2.75) is 32.9 Å². The second-order valence-electron chi connectivity index (χ2n) is 6.40. The van der Waals surface area contributed by atoms with Crippen molar-refractivity contribution in [2.75, 3.05) is 6.26 Å². The molecule has 0 aliphatic rings. The molecule has 27 heavy (non-hydrogen) atoms. The van der Waals surface area contributed by atoms with Crippen LogP contribution < -0.4 is 4.18 Å². The fraction of sp³-hybridized carbons (Fsp3) is 0.286. The molecular weight excluding hydrogens is 362 g/mol. The lowest BCUT2D eigenvalue weighted by molar-refractivity contribution is -0.128. The van der Waals surface area contributed by atoms with Crippen LogP contribution in [0.2, 0.25) is 0 Å². The van der Waals surface area contributed by atoms with Gasteiger partial charge in [-0.15, -0.1) is 0 Å². The highest BCUT2D eigenvalue weighted by molar-refractivity contribution is 7.86. The van der Waals surface area contributed by atoms with E-state index in [1.807, 2.05) is 50.2 Å². The number of benzene rings is 2. The van der Waals surface area contributed by atoms with E-state index in [0.717, 1.165) is 23.8 Å². The van der Waals surface area contributed by atoms with Crippen LogP contribution in [0.3, 0.4) is 0 Å². The second-order valence-corrected chi connectivity index (χ2v) is 7.98. The predicted molar refractivity (Wildman–Crippen MR) is 108 cm³/mol. The van der Waals surface area contributed by atoms with Gasteiger partial charge in [-0.3, -0.25) is 4.79 Å². The minimum absolute atomic E-state index is 0.0393. The van der Waals surface area contributed by atoms with Gasteiger partial charge < -0.3 is 9.08 Å². The molecule has 6 heteroatoms. The average molecular weight is 388 g/mol. The van der Waals surface area contributed by atoms with Gasteiger partial charge in [0.1, 0.15) is 5.75 Å². The number of hydrogen-bond acceptors (Lipinski definition) is 4. The minimum Gasteiger partial charge on any atom is -0.383 e. The normalized spacial score (nSPS) is 12.7. The molecule has 2 aromatic rings. The van der Waals surface area contributed by atoms with Crippen LogP contribution in [0, 0.1) is 0 Å². The number of nitrogens with zero attached hydrogens (tertiary/aromatic N) is 1. The highest BCUT2D eigenvalue weighted by Gasteiger charge is 2.17. The molecule has 0 saturated heterocycles. The third-order valence-corrected chi connectivity index (χ3v) is 4.62. The monoisotopic (exact) mass is 387 g/mol. The van der Waals surface area contributed by atoms with Crippen molar-refractivity contribution in [3.63, 3.8) is 0 Å². The Morgan fingerprint density at radius 1 is 1.15 bits per heavy atom. The molecule has 0 radical (unpaired) electrons. The molecule has 2 aromatic carbocycles. The lowest BCUT2D eigenvalue weighted by atomic mass is 10.1. The summed E-state index contributed by atoms with van der Waals surface area (Å²) < 4.78 is 27.6. The van der Waals surface area contributed by atoms with Crippen LogP contribution in [0.4, 0.5) is 0 Å². The first kappa shape index (κ1) is 20.7. The lowest BCUT2D eigenvalue weighted by Crippen LogP contribution is -2.36. The van der Waals surface area contributed by atoms with Gasteiger partial charge in [-0.25, -0.2) is 0 Å². The fourth-order valence-corrected chi connectivity index (χ4v) is 3.02. The quantitative estimate of drug-likeness (QED) is 0.510. The van der Waals surface area contributed by atoms with Crippen LogP contribution in [-0.2, 0) is 21.5 Å². The summed E-state index contributed by atoms with van der Waals surface area (Å²) in [6.07, 6.45) is 5.17. The molecule has 0 aliphatic carbocycles. The van der Waals surface area contributed by atoms with Gasteiger partial charge in [0, 0.05) is 18.7 Å². The maximum absolute atomic E-state index is 12.7. The maximum atomic E-state index is 12.7. The van der Waals surface area contributed by atoms with E-state index in [1.165, 1.54) is 0 Å². The Hall–Kier alpha value is -2.60. The number of carbonyl (C=O) groups excluding carboxylic acids is 1. The Morgan fingerprint density at radius 2 is 1.85 bits per heavy atom. The highest BCUT2D eigenvalue weighted by Crippen LogP contribution is 2.18. The fourth-order valence-electron chi connectivity index (χ4n) is 2.57. The summed E-state index contributed by atoms with van der Waals surface area (Å²) in [5, 5.41) is 0. The smallest absolute Gasteiger partial charge is 0.306 e. The van der Waals surface area contributed by atoms with Crippen molar-refractivity contribution < 1.29 is 17.4 Å². The minimum atomic E-state index is -3.59. The molecule has 1 unspecified atom stereocenters. The number of hydrogen-bond donors (Lipinski definition) is 0. The van der Waals surface area contributed by atoms with Crippen LogP contribution >= 0.6 is 0 Å². The molecule has 0 heterocycles. The summed E-state index contributed by atoms with van der Waals surface area (Å²) in [6.45, 7) is 4.38. The van der Waals surface area contributed by atoms with Crippen LogP contribution in [-0.4, -0.2) is 31.5 Å². The van der Waals surface area contributed by atoms with Crippen molar-refractivity contribution in [1.29, 1.82) is 0 Å². The molecule has 1 atom stereocenters. The van der Waals surface area contributed by atoms with E-state index in [4.69, 9.17) is 4.18 Å². The Morgan fingerprint density at radius 3 is 2.48 bits per heavy atom. The number of carbonyl (C=O) groups is 1. The van der Waals surface area contributed by atoms with Gasteiger partial charge in [-0.2, -0.15) is 8.42 Å². The predicted octanol–water partition coefficient (Wildman–Crippen LogP) is 3.87. The van der Waals surface area contributed by atoms with Crippen molar-refractivity contribution in [2.24, 2.45) is 0 Å². The molecule has 5 nitrogen and oxygen atoms in total. The van der Waals surface area contributed by atoms with Gasteiger partial charge in [0.2, 0.25) is 5.91 Å². The first-order valence-electron chi connectivity index (χ1n) is 8.80. The van der Waals surface area contributed by atoms with E-state index in [-0.39, 0.29) is 17.7 Å². The number of rotatable bonds is 8. The van der Waals surface area contributed by atoms with Crippen LogP contribution in [0.15, 0.2) is 60.7 Å². The molecular formula is C21H25NO4S. The Bertz CT molecular complexity index is 891. The van der Waals surface area contributed by atoms with Gasteiger partial charge in [-0.1, -0.05) is 49.4 Å². The Labute approximate surface area is 161 Å². The van der Waals surface area contributed by atoms with Gasteiger partial charge >= 0.3 is 10.1 Å². The van der Waals surface area contributed by atoms with Crippen LogP contribution in [0.25, 0.3) is 6.08 Å². The molecule has 0 saturated carbocycles. The molecule has 1 amide bonds. The van der Waals surface area contributed by atoms with Crippen LogP contribution in [0.5, 0.6) is 5.75 Å². The first-order chi connectivity index (χ1) is 12.8. The van der Waals surface area contributed by atoms with E-state index in [1.54, 1.807) is 35.3 Å². The largest absolute Gasteiger partial charge is 0.383 e.